The molecule has 1 heterocycles. The number of nitrogens with one attached hydrogen (secondary N) is 1. The molecule has 5 heteroatoms. The molecule has 0 saturated carbocycles. The Morgan fingerprint density at radius 1 is 1.30 bits per heavy atom. The number of benzene rings is 1. The number of hydrogen-bond donors (Lipinski definition) is 1. The molecule has 0 spiro atoms. The summed E-state index contributed by atoms with van der Waals surface area (Å²) in [6, 6.07) is 12.3. The number of amides is 1. The lowest BCUT2D eigenvalue weighted by Crippen LogP contribution is -2.31. The second-order valence-electron chi connectivity index (χ2n) is 4.29. The highest BCUT2D eigenvalue weighted by atomic mass is 35.5. The quantitative estimate of drug-likeness (QED) is 0.921. The van der Waals surface area contributed by atoms with Gasteiger partial charge < -0.3 is 10.1 Å². The minimum absolute atomic E-state index is 0.0429. The van der Waals surface area contributed by atoms with Crippen LogP contribution in [-0.4, -0.2) is 17.5 Å². The third-order valence-electron chi connectivity index (χ3n) is 2.69. The molecule has 1 amide bonds. The molecule has 0 radical (unpaired) electrons. The van der Waals surface area contributed by atoms with Crippen molar-refractivity contribution in [3.63, 3.8) is 0 Å². The molecule has 0 aliphatic carbocycles. The minimum Gasteiger partial charge on any atom is -0.484 e. The Labute approximate surface area is 122 Å². The largest absolute Gasteiger partial charge is 0.484 e. The zero-order valence-electron chi connectivity index (χ0n) is 11.0. The van der Waals surface area contributed by atoms with Crippen molar-refractivity contribution in [3.05, 3.63) is 59.4 Å². The second kappa shape index (κ2) is 6.91. The fourth-order valence-corrected chi connectivity index (χ4v) is 1.79. The van der Waals surface area contributed by atoms with Crippen LogP contribution in [0.4, 0.5) is 0 Å². The van der Waals surface area contributed by atoms with Gasteiger partial charge in [0, 0.05) is 11.2 Å². The van der Waals surface area contributed by atoms with Crippen LogP contribution < -0.4 is 10.1 Å². The minimum atomic E-state index is -0.196. The van der Waals surface area contributed by atoms with E-state index in [9.17, 15) is 4.79 Å². The molecule has 0 saturated heterocycles. The molecule has 0 bridgehead atoms. The predicted octanol–water partition coefficient (Wildman–Crippen LogP) is 2.99. The van der Waals surface area contributed by atoms with E-state index in [1.807, 2.05) is 25.1 Å². The van der Waals surface area contributed by atoms with Crippen molar-refractivity contribution in [1.29, 1.82) is 0 Å². The SMILES string of the molecule is CC(NC(=O)COc1ccc(Cl)cc1)c1ccccn1. The van der Waals surface area contributed by atoms with Crippen LogP contribution in [0.2, 0.25) is 5.02 Å². The van der Waals surface area contributed by atoms with Gasteiger partial charge in [0.25, 0.3) is 5.91 Å². The molecule has 0 fully saturated rings. The van der Waals surface area contributed by atoms with Crippen LogP contribution in [0, 0.1) is 0 Å². The van der Waals surface area contributed by atoms with Gasteiger partial charge in [0.1, 0.15) is 5.75 Å². The highest BCUT2D eigenvalue weighted by Crippen LogP contribution is 2.15. The molecule has 1 N–H and O–H groups in total. The number of carbonyl (C=O) groups is 1. The first kappa shape index (κ1) is 14.3. The lowest BCUT2D eigenvalue weighted by atomic mass is 10.2. The monoisotopic (exact) mass is 290 g/mol. The zero-order valence-corrected chi connectivity index (χ0v) is 11.8. The van der Waals surface area contributed by atoms with E-state index in [1.165, 1.54) is 0 Å². The first-order chi connectivity index (χ1) is 9.65. The van der Waals surface area contributed by atoms with Crippen LogP contribution in [0.25, 0.3) is 0 Å². The maximum Gasteiger partial charge on any atom is 0.258 e. The molecule has 2 aromatic rings. The van der Waals surface area contributed by atoms with Crippen molar-refractivity contribution in [2.24, 2.45) is 0 Å². The average molecular weight is 291 g/mol. The van der Waals surface area contributed by atoms with E-state index in [0.29, 0.717) is 10.8 Å². The molecule has 0 aliphatic heterocycles. The van der Waals surface area contributed by atoms with Gasteiger partial charge in [-0.25, -0.2) is 0 Å². The summed E-state index contributed by atoms with van der Waals surface area (Å²) in [7, 11) is 0. The summed E-state index contributed by atoms with van der Waals surface area (Å²) in [6.45, 7) is 1.83. The highest BCUT2D eigenvalue weighted by molar-refractivity contribution is 6.30. The van der Waals surface area contributed by atoms with Gasteiger partial charge in [0.05, 0.1) is 11.7 Å². The Morgan fingerprint density at radius 3 is 2.70 bits per heavy atom. The van der Waals surface area contributed by atoms with Crippen molar-refractivity contribution in [2.45, 2.75) is 13.0 Å². The molecular weight excluding hydrogens is 276 g/mol. The number of hydrogen-bond acceptors (Lipinski definition) is 3. The van der Waals surface area contributed by atoms with Gasteiger partial charge in [-0.05, 0) is 43.3 Å². The number of aromatic nitrogens is 1. The molecule has 4 nitrogen and oxygen atoms in total. The van der Waals surface area contributed by atoms with Crippen molar-refractivity contribution in [3.8, 4) is 5.75 Å². The van der Waals surface area contributed by atoms with Gasteiger partial charge in [-0.2, -0.15) is 0 Å². The van der Waals surface area contributed by atoms with Crippen molar-refractivity contribution in [2.75, 3.05) is 6.61 Å². The summed E-state index contributed by atoms with van der Waals surface area (Å²) in [6.07, 6.45) is 1.70. The van der Waals surface area contributed by atoms with Gasteiger partial charge in [-0.3, -0.25) is 9.78 Å². The molecule has 104 valence electrons. The van der Waals surface area contributed by atoms with E-state index in [-0.39, 0.29) is 18.6 Å². The Kier molecular flexibility index (Phi) is 4.96. The topological polar surface area (TPSA) is 51.2 Å². The van der Waals surface area contributed by atoms with Crippen molar-refractivity contribution >= 4 is 17.5 Å². The standard InChI is InChI=1S/C15H15ClN2O2/c1-11(14-4-2-3-9-17-14)18-15(19)10-20-13-7-5-12(16)6-8-13/h2-9,11H,10H2,1H3,(H,18,19). The van der Waals surface area contributed by atoms with Gasteiger partial charge >= 0.3 is 0 Å². The Morgan fingerprint density at radius 2 is 2.05 bits per heavy atom. The summed E-state index contributed by atoms with van der Waals surface area (Å²) >= 11 is 5.77. The summed E-state index contributed by atoms with van der Waals surface area (Å²) in [5.74, 6) is 0.410. The lowest BCUT2D eigenvalue weighted by Gasteiger charge is -2.13. The smallest absolute Gasteiger partial charge is 0.258 e. The molecule has 1 aromatic carbocycles. The average Bonchev–Trinajstić information content (AvgIpc) is 2.47. The fourth-order valence-electron chi connectivity index (χ4n) is 1.67. The van der Waals surface area contributed by atoms with E-state index in [0.717, 1.165) is 5.69 Å². The summed E-state index contributed by atoms with van der Waals surface area (Å²) in [5.41, 5.74) is 0.812. The van der Waals surface area contributed by atoms with E-state index in [1.54, 1.807) is 30.5 Å². The summed E-state index contributed by atoms with van der Waals surface area (Å²) in [4.78, 5) is 16.0. The number of halogens is 1. The summed E-state index contributed by atoms with van der Waals surface area (Å²) < 4.78 is 5.37. The molecule has 20 heavy (non-hydrogen) atoms. The van der Waals surface area contributed by atoms with Gasteiger partial charge in [-0.15, -0.1) is 0 Å². The number of ether oxygens (including phenoxy) is 1. The van der Waals surface area contributed by atoms with Crippen molar-refractivity contribution in [1.82, 2.24) is 10.3 Å². The first-order valence-electron chi connectivity index (χ1n) is 6.24. The van der Waals surface area contributed by atoms with E-state index >= 15 is 0 Å². The van der Waals surface area contributed by atoms with Crippen LogP contribution in [0.15, 0.2) is 48.7 Å². The number of carbonyl (C=O) groups excluding carboxylic acids is 1. The van der Waals surface area contributed by atoms with Crippen molar-refractivity contribution < 1.29 is 9.53 Å². The molecule has 0 aliphatic rings. The maximum atomic E-state index is 11.8. The third-order valence-corrected chi connectivity index (χ3v) is 2.94. The van der Waals surface area contributed by atoms with E-state index in [2.05, 4.69) is 10.3 Å². The number of rotatable bonds is 5. The second-order valence-corrected chi connectivity index (χ2v) is 4.72. The Bertz CT molecular complexity index is 558. The zero-order chi connectivity index (χ0) is 14.4. The van der Waals surface area contributed by atoms with Gasteiger partial charge in [0.2, 0.25) is 0 Å². The molecule has 1 atom stereocenters. The number of pyridine rings is 1. The van der Waals surface area contributed by atoms with Crippen LogP contribution in [0.1, 0.15) is 18.7 Å². The summed E-state index contributed by atoms with van der Waals surface area (Å²) in [5, 5.41) is 3.46. The molecule has 2 rings (SSSR count). The predicted molar refractivity (Wildman–Crippen MR) is 77.7 cm³/mol. The Hall–Kier alpha value is -2.07. The molecule has 1 unspecified atom stereocenters. The maximum absolute atomic E-state index is 11.8. The van der Waals surface area contributed by atoms with Crippen LogP contribution >= 0.6 is 11.6 Å². The van der Waals surface area contributed by atoms with Crippen LogP contribution in [0.3, 0.4) is 0 Å². The van der Waals surface area contributed by atoms with Gasteiger partial charge in [-0.1, -0.05) is 17.7 Å². The molecular formula is C15H15ClN2O2. The van der Waals surface area contributed by atoms with Crippen LogP contribution in [-0.2, 0) is 4.79 Å². The Balaban J connectivity index is 1.82. The lowest BCUT2D eigenvalue weighted by molar-refractivity contribution is -0.123. The highest BCUT2D eigenvalue weighted by Gasteiger charge is 2.10. The first-order valence-corrected chi connectivity index (χ1v) is 6.61. The van der Waals surface area contributed by atoms with Gasteiger partial charge in [0.15, 0.2) is 6.61 Å². The van der Waals surface area contributed by atoms with Crippen LogP contribution in [0.5, 0.6) is 5.75 Å². The third kappa shape index (κ3) is 4.24. The van der Waals surface area contributed by atoms with E-state index in [4.69, 9.17) is 16.3 Å². The fraction of sp³-hybridized carbons (Fsp3) is 0.200. The normalized spacial score (nSPS) is 11.7. The van der Waals surface area contributed by atoms with E-state index < -0.39 is 0 Å². The number of nitrogens with zero attached hydrogens (tertiary/aromatic N) is 1. The molecule has 1 aromatic heterocycles.